The molecule has 6 heteroatoms. The first kappa shape index (κ1) is 15.3. The van der Waals surface area contributed by atoms with E-state index in [1.165, 1.54) is 7.11 Å². The predicted octanol–water partition coefficient (Wildman–Crippen LogP) is 1.16. The lowest BCUT2D eigenvalue weighted by Gasteiger charge is -2.15. The van der Waals surface area contributed by atoms with Crippen molar-refractivity contribution in [1.82, 2.24) is 10.2 Å². The second-order valence-corrected chi connectivity index (χ2v) is 5.00. The van der Waals surface area contributed by atoms with Crippen molar-refractivity contribution in [3.63, 3.8) is 0 Å². The van der Waals surface area contributed by atoms with E-state index in [2.05, 4.69) is 10.1 Å². The van der Waals surface area contributed by atoms with Crippen molar-refractivity contribution in [1.29, 1.82) is 0 Å². The maximum absolute atomic E-state index is 11.7. The summed E-state index contributed by atoms with van der Waals surface area (Å²) in [7, 11) is 1.37. The van der Waals surface area contributed by atoms with Gasteiger partial charge in [0, 0.05) is 19.1 Å². The van der Waals surface area contributed by atoms with Crippen LogP contribution in [0.1, 0.15) is 12.0 Å². The van der Waals surface area contributed by atoms with Crippen LogP contribution in [0, 0.1) is 0 Å². The van der Waals surface area contributed by atoms with E-state index in [1.807, 2.05) is 35.2 Å². The van der Waals surface area contributed by atoms with E-state index in [9.17, 15) is 9.59 Å². The molecule has 1 aromatic rings. The first-order chi connectivity index (χ1) is 10.2. The van der Waals surface area contributed by atoms with E-state index < -0.39 is 6.09 Å². The number of esters is 1. The van der Waals surface area contributed by atoms with Gasteiger partial charge in [-0.05, 0) is 12.0 Å². The first-order valence-electron chi connectivity index (χ1n) is 6.94. The largest absolute Gasteiger partial charge is 0.468 e. The number of benzene rings is 1. The van der Waals surface area contributed by atoms with Gasteiger partial charge in [-0.15, -0.1) is 0 Å². The third kappa shape index (κ3) is 5.07. The minimum absolute atomic E-state index is 0.0120. The van der Waals surface area contributed by atoms with Gasteiger partial charge >= 0.3 is 12.1 Å². The number of hydrogen-bond acceptors (Lipinski definition) is 5. The van der Waals surface area contributed by atoms with Crippen LogP contribution in [0.5, 0.6) is 0 Å². The zero-order valence-corrected chi connectivity index (χ0v) is 12.1. The van der Waals surface area contributed by atoms with E-state index in [4.69, 9.17) is 4.74 Å². The molecule has 0 aromatic heterocycles. The Morgan fingerprint density at radius 2 is 2.10 bits per heavy atom. The number of alkyl carbamates (subject to hydrolysis) is 1. The fraction of sp³-hybridized carbons (Fsp3) is 0.467. The SMILES string of the molecule is COC(=O)CN1CC[C@H](NC(=O)OCc2ccccc2)C1. The average molecular weight is 292 g/mol. The molecule has 0 aliphatic carbocycles. The zero-order chi connectivity index (χ0) is 15.1. The summed E-state index contributed by atoms with van der Waals surface area (Å²) in [4.78, 5) is 24.8. The summed E-state index contributed by atoms with van der Waals surface area (Å²) >= 11 is 0. The second-order valence-electron chi connectivity index (χ2n) is 5.00. The van der Waals surface area contributed by atoms with Crippen LogP contribution in [-0.4, -0.2) is 49.7 Å². The van der Waals surface area contributed by atoms with E-state index in [-0.39, 0.29) is 25.2 Å². The first-order valence-corrected chi connectivity index (χ1v) is 6.94. The smallest absolute Gasteiger partial charge is 0.407 e. The van der Waals surface area contributed by atoms with Crippen LogP contribution in [0.2, 0.25) is 0 Å². The van der Waals surface area contributed by atoms with Gasteiger partial charge in [0.15, 0.2) is 0 Å². The van der Waals surface area contributed by atoms with Crippen LogP contribution in [-0.2, 0) is 20.9 Å². The Kier molecular flexibility index (Phi) is 5.57. The predicted molar refractivity (Wildman–Crippen MR) is 76.6 cm³/mol. The summed E-state index contributed by atoms with van der Waals surface area (Å²) in [6.07, 6.45) is 0.376. The van der Waals surface area contributed by atoms with Crippen molar-refractivity contribution in [3.05, 3.63) is 35.9 Å². The van der Waals surface area contributed by atoms with Crippen molar-refractivity contribution in [2.24, 2.45) is 0 Å². The quantitative estimate of drug-likeness (QED) is 0.825. The zero-order valence-electron chi connectivity index (χ0n) is 12.1. The monoisotopic (exact) mass is 292 g/mol. The molecule has 0 unspecified atom stereocenters. The van der Waals surface area contributed by atoms with E-state index in [0.717, 1.165) is 18.5 Å². The van der Waals surface area contributed by atoms with Crippen molar-refractivity contribution in [2.75, 3.05) is 26.7 Å². The Labute approximate surface area is 124 Å². The molecule has 1 amide bonds. The number of rotatable bonds is 5. The number of carbonyl (C=O) groups excluding carboxylic acids is 2. The molecule has 1 aromatic carbocycles. The van der Waals surface area contributed by atoms with Crippen LogP contribution >= 0.6 is 0 Å². The fourth-order valence-electron chi connectivity index (χ4n) is 2.27. The summed E-state index contributed by atoms with van der Waals surface area (Å²) in [6.45, 7) is 1.91. The Morgan fingerprint density at radius 3 is 2.81 bits per heavy atom. The number of hydrogen-bond donors (Lipinski definition) is 1. The number of likely N-dealkylation sites (tertiary alicyclic amines) is 1. The third-order valence-electron chi connectivity index (χ3n) is 3.39. The Morgan fingerprint density at radius 1 is 1.33 bits per heavy atom. The van der Waals surface area contributed by atoms with Crippen LogP contribution in [0.3, 0.4) is 0 Å². The van der Waals surface area contributed by atoms with E-state index >= 15 is 0 Å². The molecule has 0 spiro atoms. The summed E-state index contributed by atoms with van der Waals surface area (Å²) in [5.41, 5.74) is 0.950. The number of amides is 1. The normalized spacial score (nSPS) is 18.2. The highest BCUT2D eigenvalue weighted by atomic mass is 16.5. The molecule has 114 valence electrons. The minimum Gasteiger partial charge on any atom is -0.468 e. The highest BCUT2D eigenvalue weighted by Gasteiger charge is 2.25. The maximum Gasteiger partial charge on any atom is 0.407 e. The number of ether oxygens (including phenoxy) is 2. The second kappa shape index (κ2) is 7.64. The van der Waals surface area contributed by atoms with Crippen LogP contribution < -0.4 is 5.32 Å². The average Bonchev–Trinajstić information content (AvgIpc) is 2.93. The Bertz CT molecular complexity index is 478. The van der Waals surface area contributed by atoms with Crippen LogP contribution in [0.4, 0.5) is 4.79 Å². The minimum atomic E-state index is -0.427. The molecule has 6 nitrogen and oxygen atoms in total. The van der Waals surface area contributed by atoms with Crippen molar-refractivity contribution < 1.29 is 19.1 Å². The topological polar surface area (TPSA) is 67.9 Å². The summed E-state index contributed by atoms with van der Waals surface area (Å²) in [5, 5.41) is 2.82. The summed E-state index contributed by atoms with van der Waals surface area (Å²) < 4.78 is 9.79. The van der Waals surface area contributed by atoms with Gasteiger partial charge in [0.1, 0.15) is 6.61 Å². The lowest BCUT2D eigenvalue weighted by molar-refractivity contribution is -0.141. The highest BCUT2D eigenvalue weighted by molar-refractivity contribution is 5.71. The number of nitrogens with zero attached hydrogens (tertiary/aromatic N) is 1. The fourth-order valence-corrected chi connectivity index (χ4v) is 2.27. The molecular weight excluding hydrogens is 272 g/mol. The van der Waals surface area contributed by atoms with Gasteiger partial charge in [0.25, 0.3) is 0 Å². The van der Waals surface area contributed by atoms with Gasteiger partial charge < -0.3 is 14.8 Å². The van der Waals surface area contributed by atoms with Crippen LogP contribution in [0.25, 0.3) is 0 Å². The molecule has 1 fully saturated rings. The Hall–Kier alpha value is -2.08. The molecule has 2 rings (SSSR count). The molecule has 1 saturated heterocycles. The van der Waals surface area contributed by atoms with Crippen molar-refractivity contribution in [3.8, 4) is 0 Å². The maximum atomic E-state index is 11.7. The number of nitrogens with one attached hydrogen (secondary N) is 1. The molecule has 0 bridgehead atoms. The molecule has 1 heterocycles. The molecule has 1 aliphatic heterocycles. The molecule has 1 N–H and O–H groups in total. The Balaban J connectivity index is 1.68. The van der Waals surface area contributed by atoms with Gasteiger partial charge in [-0.25, -0.2) is 4.79 Å². The standard InChI is InChI=1S/C15H20N2O4/c1-20-14(18)10-17-8-7-13(9-17)16-15(19)21-11-12-5-3-2-4-6-12/h2-6,13H,7-11H2,1H3,(H,16,19)/t13-/m0/s1. The molecule has 0 radical (unpaired) electrons. The highest BCUT2D eigenvalue weighted by Crippen LogP contribution is 2.09. The number of methoxy groups -OCH3 is 1. The van der Waals surface area contributed by atoms with E-state index in [0.29, 0.717) is 6.54 Å². The van der Waals surface area contributed by atoms with Crippen LogP contribution in [0.15, 0.2) is 30.3 Å². The molecule has 0 saturated carbocycles. The summed E-state index contributed by atoms with van der Waals surface area (Å²) in [5.74, 6) is -0.262. The van der Waals surface area contributed by atoms with Gasteiger partial charge in [-0.2, -0.15) is 0 Å². The van der Waals surface area contributed by atoms with Gasteiger partial charge in [0.2, 0.25) is 0 Å². The summed E-state index contributed by atoms with van der Waals surface area (Å²) in [6, 6.07) is 9.54. The lowest BCUT2D eigenvalue weighted by atomic mass is 10.2. The lowest BCUT2D eigenvalue weighted by Crippen LogP contribution is -2.38. The van der Waals surface area contributed by atoms with Crippen molar-refractivity contribution >= 4 is 12.1 Å². The number of carbonyl (C=O) groups is 2. The van der Waals surface area contributed by atoms with Crippen molar-refractivity contribution in [2.45, 2.75) is 19.1 Å². The molecule has 1 atom stereocenters. The molecule has 1 aliphatic rings. The van der Waals surface area contributed by atoms with Gasteiger partial charge in [0.05, 0.1) is 13.7 Å². The molecule has 21 heavy (non-hydrogen) atoms. The third-order valence-corrected chi connectivity index (χ3v) is 3.39. The van der Waals surface area contributed by atoms with Gasteiger partial charge in [-0.3, -0.25) is 9.69 Å². The van der Waals surface area contributed by atoms with Gasteiger partial charge in [-0.1, -0.05) is 30.3 Å². The van der Waals surface area contributed by atoms with E-state index in [1.54, 1.807) is 0 Å². The molecular formula is C15H20N2O4.